The highest BCUT2D eigenvalue weighted by Crippen LogP contribution is 2.17. The summed E-state index contributed by atoms with van der Waals surface area (Å²) in [5.41, 5.74) is 0. The maximum Gasteiger partial charge on any atom is 0.191 e. The van der Waals surface area contributed by atoms with E-state index in [9.17, 15) is 0 Å². The SMILES string of the molecule is CN=C(NCC(C)Oc1ccccc1)NC(C)c1cccs1. The minimum absolute atomic E-state index is 0.0537. The molecular weight excluding hydrogens is 294 g/mol. The summed E-state index contributed by atoms with van der Waals surface area (Å²) in [6.45, 7) is 4.85. The molecule has 2 rings (SSSR count). The summed E-state index contributed by atoms with van der Waals surface area (Å²) in [6, 6.07) is 14.3. The van der Waals surface area contributed by atoms with Crippen LogP contribution in [0.2, 0.25) is 0 Å². The van der Waals surface area contributed by atoms with Crippen LogP contribution in [-0.4, -0.2) is 25.7 Å². The first-order valence-electron chi connectivity index (χ1n) is 7.41. The summed E-state index contributed by atoms with van der Waals surface area (Å²) < 4.78 is 5.84. The molecule has 2 N–H and O–H groups in total. The van der Waals surface area contributed by atoms with Crippen molar-refractivity contribution in [1.82, 2.24) is 10.6 Å². The Hall–Kier alpha value is -2.01. The van der Waals surface area contributed by atoms with Gasteiger partial charge in [0, 0.05) is 11.9 Å². The van der Waals surface area contributed by atoms with Crippen LogP contribution in [0.1, 0.15) is 24.8 Å². The molecule has 4 nitrogen and oxygen atoms in total. The van der Waals surface area contributed by atoms with Crippen LogP contribution in [0.3, 0.4) is 0 Å². The van der Waals surface area contributed by atoms with Crippen LogP contribution in [0.5, 0.6) is 5.75 Å². The van der Waals surface area contributed by atoms with E-state index in [1.54, 1.807) is 18.4 Å². The van der Waals surface area contributed by atoms with Gasteiger partial charge in [0.1, 0.15) is 11.9 Å². The van der Waals surface area contributed by atoms with Crippen LogP contribution in [-0.2, 0) is 0 Å². The third-order valence-electron chi connectivity index (χ3n) is 3.18. The van der Waals surface area contributed by atoms with E-state index < -0.39 is 0 Å². The van der Waals surface area contributed by atoms with Crippen molar-refractivity contribution in [2.24, 2.45) is 4.99 Å². The fourth-order valence-corrected chi connectivity index (χ4v) is 2.76. The second kappa shape index (κ2) is 8.44. The molecule has 0 aliphatic heterocycles. The molecule has 2 aromatic rings. The highest BCUT2D eigenvalue weighted by molar-refractivity contribution is 7.10. The van der Waals surface area contributed by atoms with E-state index in [-0.39, 0.29) is 12.1 Å². The standard InChI is InChI=1S/C17H23N3OS/c1-13(21-15-8-5-4-6-9-15)12-19-17(18-3)20-14(2)16-10-7-11-22-16/h4-11,13-14H,12H2,1-3H3,(H2,18,19,20). The van der Waals surface area contributed by atoms with Crippen molar-refractivity contribution in [2.45, 2.75) is 26.0 Å². The number of hydrogen-bond donors (Lipinski definition) is 2. The predicted octanol–water partition coefficient (Wildman–Crippen LogP) is 3.44. The molecule has 22 heavy (non-hydrogen) atoms. The zero-order valence-corrected chi connectivity index (χ0v) is 14.1. The summed E-state index contributed by atoms with van der Waals surface area (Å²) in [5, 5.41) is 8.77. The number of guanidine groups is 1. The van der Waals surface area contributed by atoms with E-state index in [1.165, 1.54) is 4.88 Å². The average Bonchev–Trinajstić information content (AvgIpc) is 3.06. The van der Waals surface area contributed by atoms with Crippen LogP contribution in [0.15, 0.2) is 52.8 Å². The molecule has 0 fully saturated rings. The maximum absolute atomic E-state index is 5.84. The number of aliphatic imine (C=N–C) groups is 1. The number of nitrogens with one attached hydrogen (secondary N) is 2. The molecule has 2 atom stereocenters. The van der Waals surface area contributed by atoms with Crippen molar-refractivity contribution >= 4 is 17.3 Å². The van der Waals surface area contributed by atoms with Gasteiger partial charge in [-0.1, -0.05) is 24.3 Å². The Morgan fingerprint density at radius 3 is 2.59 bits per heavy atom. The molecule has 1 aromatic heterocycles. The largest absolute Gasteiger partial charge is 0.489 e. The van der Waals surface area contributed by atoms with Crippen molar-refractivity contribution in [3.05, 3.63) is 52.7 Å². The lowest BCUT2D eigenvalue weighted by Gasteiger charge is -2.20. The van der Waals surface area contributed by atoms with Crippen molar-refractivity contribution in [3.8, 4) is 5.75 Å². The lowest BCUT2D eigenvalue weighted by atomic mass is 10.3. The summed E-state index contributed by atoms with van der Waals surface area (Å²) >= 11 is 1.74. The summed E-state index contributed by atoms with van der Waals surface area (Å²) in [7, 11) is 1.78. The van der Waals surface area contributed by atoms with E-state index >= 15 is 0 Å². The minimum Gasteiger partial charge on any atom is -0.489 e. The van der Waals surface area contributed by atoms with Gasteiger partial charge >= 0.3 is 0 Å². The first-order valence-corrected chi connectivity index (χ1v) is 8.29. The first-order chi connectivity index (χ1) is 10.7. The van der Waals surface area contributed by atoms with Crippen LogP contribution in [0.4, 0.5) is 0 Å². The van der Waals surface area contributed by atoms with Gasteiger partial charge in [0.15, 0.2) is 5.96 Å². The minimum atomic E-state index is 0.0537. The van der Waals surface area contributed by atoms with E-state index in [4.69, 9.17) is 4.74 Å². The number of para-hydroxylation sites is 1. The molecule has 0 spiro atoms. The number of nitrogens with zero attached hydrogens (tertiary/aromatic N) is 1. The lowest BCUT2D eigenvalue weighted by molar-refractivity contribution is 0.223. The van der Waals surface area contributed by atoms with Gasteiger partial charge in [-0.15, -0.1) is 11.3 Å². The number of ether oxygens (including phenoxy) is 1. The van der Waals surface area contributed by atoms with E-state index in [0.717, 1.165) is 11.7 Å². The third kappa shape index (κ3) is 5.07. The van der Waals surface area contributed by atoms with Crippen molar-refractivity contribution in [2.75, 3.05) is 13.6 Å². The Morgan fingerprint density at radius 1 is 1.18 bits per heavy atom. The Morgan fingerprint density at radius 2 is 1.95 bits per heavy atom. The fraction of sp³-hybridized carbons (Fsp3) is 0.353. The second-order valence-electron chi connectivity index (χ2n) is 5.08. The van der Waals surface area contributed by atoms with Gasteiger partial charge in [-0.2, -0.15) is 0 Å². The molecule has 1 heterocycles. The Labute approximate surface area is 136 Å². The zero-order valence-electron chi connectivity index (χ0n) is 13.2. The summed E-state index contributed by atoms with van der Waals surface area (Å²) in [5.74, 6) is 1.66. The molecule has 0 saturated carbocycles. The molecule has 1 aromatic carbocycles. The number of rotatable bonds is 6. The highest BCUT2D eigenvalue weighted by atomic mass is 32.1. The normalized spacial score (nSPS) is 14.2. The quantitative estimate of drug-likeness (QED) is 0.634. The van der Waals surface area contributed by atoms with Crippen LogP contribution < -0.4 is 15.4 Å². The van der Waals surface area contributed by atoms with Crippen molar-refractivity contribution in [1.29, 1.82) is 0 Å². The Balaban J connectivity index is 1.78. The van der Waals surface area contributed by atoms with Gasteiger partial charge in [-0.25, -0.2) is 0 Å². The molecular formula is C17H23N3OS. The topological polar surface area (TPSA) is 45.7 Å². The van der Waals surface area contributed by atoms with Crippen LogP contribution in [0, 0.1) is 0 Å². The van der Waals surface area contributed by atoms with E-state index in [1.807, 2.05) is 37.3 Å². The van der Waals surface area contributed by atoms with Crippen LogP contribution >= 0.6 is 11.3 Å². The third-order valence-corrected chi connectivity index (χ3v) is 4.24. The van der Waals surface area contributed by atoms with Gasteiger partial charge in [-0.05, 0) is 37.4 Å². The molecule has 0 radical (unpaired) electrons. The fourth-order valence-electron chi connectivity index (χ4n) is 2.02. The number of benzene rings is 1. The predicted molar refractivity (Wildman–Crippen MR) is 93.8 cm³/mol. The monoisotopic (exact) mass is 317 g/mol. The van der Waals surface area contributed by atoms with Gasteiger partial charge in [-0.3, -0.25) is 4.99 Å². The number of thiophene rings is 1. The molecule has 0 amide bonds. The molecule has 5 heteroatoms. The van der Waals surface area contributed by atoms with Gasteiger partial charge in [0.05, 0.1) is 12.6 Å². The average molecular weight is 317 g/mol. The first kappa shape index (κ1) is 16.4. The van der Waals surface area contributed by atoms with Crippen molar-refractivity contribution < 1.29 is 4.74 Å². The molecule has 0 aliphatic rings. The van der Waals surface area contributed by atoms with Crippen LogP contribution in [0.25, 0.3) is 0 Å². The Kier molecular flexibility index (Phi) is 6.27. The highest BCUT2D eigenvalue weighted by Gasteiger charge is 2.10. The maximum atomic E-state index is 5.84. The van der Waals surface area contributed by atoms with Crippen molar-refractivity contribution in [3.63, 3.8) is 0 Å². The smallest absolute Gasteiger partial charge is 0.191 e. The molecule has 118 valence electrons. The molecule has 0 aliphatic carbocycles. The van der Waals surface area contributed by atoms with Gasteiger partial charge in [0.2, 0.25) is 0 Å². The Bertz CT molecular complexity index is 569. The zero-order chi connectivity index (χ0) is 15.8. The number of hydrogen-bond acceptors (Lipinski definition) is 3. The molecule has 0 bridgehead atoms. The lowest BCUT2D eigenvalue weighted by Crippen LogP contribution is -2.42. The van der Waals surface area contributed by atoms with Gasteiger partial charge in [0.25, 0.3) is 0 Å². The molecule has 2 unspecified atom stereocenters. The van der Waals surface area contributed by atoms with E-state index in [0.29, 0.717) is 6.54 Å². The second-order valence-corrected chi connectivity index (χ2v) is 6.06. The summed E-state index contributed by atoms with van der Waals surface area (Å²) in [6.07, 6.45) is 0.0537. The van der Waals surface area contributed by atoms with Gasteiger partial charge < -0.3 is 15.4 Å². The summed E-state index contributed by atoms with van der Waals surface area (Å²) in [4.78, 5) is 5.55. The van der Waals surface area contributed by atoms with E-state index in [2.05, 4.69) is 40.1 Å². The molecule has 0 saturated heterocycles.